The summed E-state index contributed by atoms with van der Waals surface area (Å²) in [4.78, 5) is 3.52. The summed E-state index contributed by atoms with van der Waals surface area (Å²) in [5.41, 5.74) is 3.94. The number of aromatic nitrogens is 1. The molecule has 2 aromatic rings. The van der Waals surface area contributed by atoms with E-state index in [0.29, 0.717) is 5.92 Å². The molecule has 0 aliphatic heterocycles. The van der Waals surface area contributed by atoms with Crippen molar-refractivity contribution in [1.82, 2.24) is 10.3 Å². The molecule has 0 fully saturated rings. The van der Waals surface area contributed by atoms with Crippen molar-refractivity contribution < 1.29 is 0 Å². The summed E-state index contributed by atoms with van der Waals surface area (Å²) in [6, 6.07) is 6.41. The smallest absolute Gasteiger partial charge is 0.0470 e. The lowest BCUT2D eigenvalue weighted by molar-refractivity contribution is 0.768. The topological polar surface area (TPSA) is 27.8 Å². The maximum absolute atomic E-state index is 3.52. The van der Waals surface area contributed by atoms with Gasteiger partial charge in [-0.15, -0.1) is 0 Å². The predicted octanol–water partition coefficient (Wildman–Crippen LogP) is 3.77. The Bertz CT molecular complexity index is 500. The van der Waals surface area contributed by atoms with E-state index in [2.05, 4.69) is 58.3 Å². The number of rotatable bonds is 3. The van der Waals surface area contributed by atoms with Crippen LogP contribution in [0.5, 0.6) is 0 Å². The van der Waals surface area contributed by atoms with Gasteiger partial charge in [-0.1, -0.05) is 35.8 Å². The Labute approximate surface area is 105 Å². The van der Waals surface area contributed by atoms with Crippen LogP contribution >= 0.6 is 15.9 Å². The first kappa shape index (κ1) is 11.7. The lowest BCUT2D eigenvalue weighted by atomic mass is 10.0. The first-order chi connectivity index (χ1) is 7.63. The van der Waals surface area contributed by atoms with E-state index in [1.54, 1.807) is 0 Å². The van der Waals surface area contributed by atoms with Crippen molar-refractivity contribution in [2.24, 2.45) is 0 Å². The van der Waals surface area contributed by atoms with Gasteiger partial charge in [0.1, 0.15) is 0 Å². The fourth-order valence-electron chi connectivity index (χ4n) is 2.11. The molecule has 0 atom stereocenters. The van der Waals surface area contributed by atoms with Gasteiger partial charge < -0.3 is 10.3 Å². The minimum absolute atomic E-state index is 0.523. The highest BCUT2D eigenvalue weighted by Crippen LogP contribution is 2.29. The molecule has 0 amide bonds. The van der Waals surface area contributed by atoms with Gasteiger partial charge >= 0.3 is 0 Å². The molecule has 2 N–H and O–H groups in total. The Morgan fingerprint density at radius 1 is 1.38 bits per heavy atom. The minimum atomic E-state index is 0.523. The molecule has 0 spiro atoms. The number of benzene rings is 1. The van der Waals surface area contributed by atoms with Crippen molar-refractivity contribution in [3.63, 3.8) is 0 Å². The van der Waals surface area contributed by atoms with Crippen LogP contribution in [0.2, 0.25) is 0 Å². The SMILES string of the molecule is CNCc1c(C(C)C)[nH]c2cc(Br)ccc12. The maximum Gasteiger partial charge on any atom is 0.0470 e. The summed E-state index contributed by atoms with van der Waals surface area (Å²) in [5, 5.41) is 4.56. The number of H-pyrrole nitrogens is 1. The quantitative estimate of drug-likeness (QED) is 0.880. The van der Waals surface area contributed by atoms with Gasteiger partial charge in [0.05, 0.1) is 0 Å². The summed E-state index contributed by atoms with van der Waals surface area (Å²) < 4.78 is 1.12. The fraction of sp³-hybridized carbons (Fsp3) is 0.385. The van der Waals surface area contributed by atoms with E-state index >= 15 is 0 Å². The van der Waals surface area contributed by atoms with Crippen LogP contribution in [0.1, 0.15) is 31.0 Å². The van der Waals surface area contributed by atoms with Crippen molar-refractivity contribution in [2.75, 3.05) is 7.05 Å². The molecule has 1 aromatic carbocycles. The van der Waals surface area contributed by atoms with Gasteiger partial charge in [-0.2, -0.15) is 0 Å². The van der Waals surface area contributed by atoms with Crippen LogP contribution in [0, 0.1) is 0 Å². The van der Waals surface area contributed by atoms with E-state index in [9.17, 15) is 0 Å². The van der Waals surface area contributed by atoms with Gasteiger partial charge in [0.15, 0.2) is 0 Å². The summed E-state index contributed by atoms with van der Waals surface area (Å²) >= 11 is 3.51. The van der Waals surface area contributed by atoms with E-state index in [4.69, 9.17) is 0 Å². The van der Waals surface area contributed by atoms with Gasteiger partial charge in [-0.25, -0.2) is 0 Å². The first-order valence-electron chi connectivity index (χ1n) is 5.58. The van der Waals surface area contributed by atoms with E-state index in [1.165, 1.54) is 22.2 Å². The van der Waals surface area contributed by atoms with Crippen LogP contribution in [0.4, 0.5) is 0 Å². The van der Waals surface area contributed by atoms with Gasteiger partial charge in [-0.3, -0.25) is 0 Å². The zero-order valence-electron chi connectivity index (χ0n) is 9.89. The zero-order chi connectivity index (χ0) is 11.7. The molecule has 1 heterocycles. The van der Waals surface area contributed by atoms with Gasteiger partial charge in [0, 0.05) is 27.6 Å². The molecule has 0 saturated heterocycles. The summed E-state index contributed by atoms with van der Waals surface area (Å²) in [6.07, 6.45) is 0. The van der Waals surface area contributed by atoms with Crippen LogP contribution < -0.4 is 5.32 Å². The molecule has 2 rings (SSSR count). The highest BCUT2D eigenvalue weighted by atomic mass is 79.9. The first-order valence-corrected chi connectivity index (χ1v) is 6.37. The molecular weight excluding hydrogens is 264 g/mol. The number of nitrogens with one attached hydrogen (secondary N) is 2. The van der Waals surface area contributed by atoms with Crippen LogP contribution in [-0.2, 0) is 6.54 Å². The molecule has 0 aliphatic carbocycles. The number of hydrogen-bond acceptors (Lipinski definition) is 1. The molecule has 0 aliphatic rings. The average Bonchev–Trinajstić information content (AvgIpc) is 2.57. The van der Waals surface area contributed by atoms with E-state index in [0.717, 1.165) is 11.0 Å². The number of halogens is 1. The molecule has 0 unspecified atom stereocenters. The average molecular weight is 281 g/mol. The monoisotopic (exact) mass is 280 g/mol. The molecule has 16 heavy (non-hydrogen) atoms. The lowest BCUT2D eigenvalue weighted by Gasteiger charge is -2.06. The van der Waals surface area contributed by atoms with Crippen LogP contribution in [0.15, 0.2) is 22.7 Å². The second-order valence-corrected chi connectivity index (χ2v) is 5.31. The van der Waals surface area contributed by atoms with Crippen LogP contribution in [0.3, 0.4) is 0 Å². The van der Waals surface area contributed by atoms with E-state index in [1.807, 2.05) is 7.05 Å². The van der Waals surface area contributed by atoms with Crippen molar-refractivity contribution in [3.05, 3.63) is 33.9 Å². The highest BCUT2D eigenvalue weighted by molar-refractivity contribution is 9.10. The summed E-state index contributed by atoms with van der Waals surface area (Å²) in [7, 11) is 1.99. The third kappa shape index (κ3) is 2.02. The Balaban J connectivity index is 2.65. The predicted molar refractivity (Wildman–Crippen MR) is 72.9 cm³/mol. The van der Waals surface area contributed by atoms with Gasteiger partial charge in [0.2, 0.25) is 0 Å². The van der Waals surface area contributed by atoms with Gasteiger partial charge in [-0.05, 0) is 30.7 Å². The standard InChI is InChI=1S/C13H17BrN2/c1-8(2)13-11(7-15-3)10-5-4-9(14)6-12(10)16-13/h4-6,8,15-16H,7H2,1-3H3. The van der Waals surface area contributed by atoms with Crippen molar-refractivity contribution in [3.8, 4) is 0 Å². The number of aromatic amines is 1. The highest BCUT2D eigenvalue weighted by Gasteiger charge is 2.13. The number of hydrogen-bond donors (Lipinski definition) is 2. The fourth-order valence-corrected chi connectivity index (χ4v) is 2.47. The third-order valence-electron chi connectivity index (χ3n) is 2.83. The minimum Gasteiger partial charge on any atom is -0.358 e. The van der Waals surface area contributed by atoms with Crippen molar-refractivity contribution >= 4 is 26.8 Å². The summed E-state index contributed by atoms with van der Waals surface area (Å²) in [6.45, 7) is 5.35. The summed E-state index contributed by atoms with van der Waals surface area (Å²) in [5.74, 6) is 0.523. The van der Waals surface area contributed by atoms with E-state index in [-0.39, 0.29) is 0 Å². The molecule has 1 aromatic heterocycles. The molecule has 3 heteroatoms. The maximum atomic E-state index is 3.52. The normalized spacial score (nSPS) is 11.6. The molecular formula is C13H17BrN2. The number of fused-ring (bicyclic) bond motifs is 1. The Kier molecular flexibility index (Phi) is 3.36. The van der Waals surface area contributed by atoms with Crippen molar-refractivity contribution in [1.29, 1.82) is 0 Å². The zero-order valence-corrected chi connectivity index (χ0v) is 11.5. The van der Waals surface area contributed by atoms with Crippen LogP contribution in [0.25, 0.3) is 10.9 Å². The molecule has 2 nitrogen and oxygen atoms in total. The Hall–Kier alpha value is -0.800. The van der Waals surface area contributed by atoms with Crippen LogP contribution in [-0.4, -0.2) is 12.0 Å². The third-order valence-corrected chi connectivity index (χ3v) is 3.33. The molecule has 0 radical (unpaired) electrons. The lowest BCUT2D eigenvalue weighted by Crippen LogP contribution is -2.07. The van der Waals surface area contributed by atoms with Gasteiger partial charge in [0.25, 0.3) is 0 Å². The largest absolute Gasteiger partial charge is 0.358 e. The molecule has 0 bridgehead atoms. The second-order valence-electron chi connectivity index (χ2n) is 4.39. The molecule has 0 saturated carbocycles. The molecule has 86 valence electrons. The van der Waals surface area contributed by atoms with Crippen molar-refractivity contribution in [2.45, 2.75) is 26.3 Å². The second kappa shape index (κ2) is 4.60. The van der Waals surface area contributed by atoms with E-state index < -0.39 is 0 Å². The Morgan fingerprint density at radius 3 is 2.75 bits per heavy atom. The Morgan fingerprint density at radius 2 is 2.12 bits per heavy atom.